The van der Waals surface area contributed by atoms with Crippen molar-refractivity contribution in [3.63, 3.8) is 0 Å². The van der Waals surface area contributed by atoms with E-state index in [1.807, 2.05) is 29.8 Å². The van der Waals surface area contributed by atoms with Gasteiger partial charge in [0.05, 0.1) is 7.11 Å². The Morgan fingerprint density at radius 3 is 2.75 bits per heavy atom. The number of nitrogens with one attached hydrogen (secondary N) is 1. The first-order chi connectivity index (χ1) is 13.6. The highest BCUT2D eigenvalue weighted by molar-refractivity contribution is 5.94. The van der Waals surface area contributed by atoms with E-state index in [1.54, 1.807) is 36.7 Å². The van der Waals surface area contributed by atoms with E-state index in [2.05, 4.69) is 21.9 Å². The van der Waals surface area contributed by atoms with E-state index in [0.29, 0.717) is 30.2 Å². The molecule has 7 heteroatoms. The quantitative estimate of drug-likeness (QED) is 0.610. The molecule has 3 rings (SSSR count). The highest BCUT2D eigenvalue weighted by atomic mass is 16.5. The molecule has 1 N–H and O–H groups in total. The number of rotatable bonds is 8. The van der Waals surface area contributed by atoms with Gasteiger partial charge in [-0.05, 0) is 36.8 Å². The van der Waals surface area contributed by atoms with E-state index in [0.717, 1.165) is 17.2 Å². The zero-order chi connectivity index (χ0) is 19.9. The molecule has 0 bridgehead atoms. The Morgan fingerprint density at radius 1 is 1.25 bits per heavy atom. The molecule has 0 radical (unpaired) electrons. The van der Waals surface area contributed by atoms with Crippen molar-refractivity contribution in [1.82, 2.24) is 19.9 Å². The summed E-state index contributed by atoms with van der Waals surface area (Å²) in [6.45, 7) is 6.26. The SMILES string of the molecule is C=CCOc1ccc(C(=O)NCc2ccc(-n3ccnc3C)nc2)cc1OC. The summed E-state index contributed by atoms with van der Waals surface area (Å²) in [5.74, 6) is 2.50. The molecule has 28 heavy (non-hydrogen) atoms. The molecule has 144 valence electrons. The van der Waals surface area contributed by atoms with Gasteiger partial charge in [0.25, 0.3) is 5.91 Å². The number of benzene rings is 1. The van der Waals surface area contributed by atoms with Crippen molar-refractivity contribution in [2.45, 2.75) is 13.5 Å². The molecule has 0 aliphatic heterocycles. The van der Waals surface area contributed by atoms with Crippen molar-refractivity contribution >= 4 is 5.91 Å². The summed E-state index contributed by atoms with van der Waals surface area (Å²) in [6.07, 6.45) is 6.97. The molecular weight excluding hydrogens is 356 g/mol. The van der Waals surface area contributed by atoms with Crippen LogP contribution < -0.4 is 14.8 Å². The maximum atomic E-state index is 12.5. The van der Waals surface area contributed by atoms with Crippen molar-refractivity contribution < 1.29 is 14.3 Å². The molecule has 7 nitrogen and oxygen atoms in total. The zero-order valence-corrected chi connectivity index (χ0v) is 15.9. The Morgan fingerprint density at radius 2 is 2.11 bits per heavy atom. The van der Waals surface area contributed by atoms with Gasteiger partial charge in [0, 0.05) is 30.7 Å². The van der Waals surface area contributed by atoms with E-state index in [9.17, 15) is 4.79 Å². The second-order valence-corrected chi connectivity index (χ2v) is 6.02. The first-order valence-electron chi connectivity index (χ1n) is 8.77. The van der Waals surface area contributed by atoms with Crippen LogP contribution in [0.25, 0.3) is 5.82 Å². The van der Waals surface area contributed by atoms with Crippen molar-refractivity contribution in [2.75, 3.05) is 13.7 Å². The average Bonchev–Trinajstić information content (AvgIpc) is 3.16. The molecule has 2 aromatic heterocycles. The van der Waals surface area contributed by atoms with Crippen LogP contribution in [0.15, 0.2) is 61.6 Å². The van der Waals surface area contributed by atoms with Gasteiger partial charge in [-0.15, -0.1) is 0 Å². The van der Waals surface area contributed by atoms with E-state index in [1.165, 1.54) is 7.11 Å². The summed E-state index contributed by atoms with van der Waals surface area (Å²) in [5, 5.41) is 2.88. The minimum atomic E-state index is -0.205. The fraction of sp³-hybridized carbons (Fsp3) is 0.190. The predicted octanol–water partition coefficient (Wildman–Crippen LogP) is 3.08. The number of nitrogens with zero attached hydrogens (tertiary/aromatic N) is 3. The van der Waals surface area contributed by atoms with Gasteiger partial charge < -0.3 is 14.8 Å². The lowest BCUT2D eigenvalue weighted by atomic mass is 10.2. The first kappa shape index (κ1) is 19.2. The van der Waals surface area contributed by atoms with Crippen LogP contribution in [0.4, 0.5) is 0 Å². The second-order valence-electron chi connectivity index (χ2n) is 6.02. The van der Waals surface area contributed by atoms with E-state index in [-0.39, 0.29) is 5.91 Å². The van der Waals surface area contributed by atoms with E-state index >= 15 is 0 Å². The Balaban J connectivity index is 1.63. The van der Waals surface area contributed by atoms with Crippen LogP contribution in [0.3, 0.4) is 0 Å². The molecule has 0 atom stereocenters. The molecule has 0 unspecified atom stereocenters. The monoisotopic (exact) mass is 378 g/mol. The van der Waals surface area contributed by atoms with Gasteiger partial charge >= 0.3 is 0 Å². The Labute approximate surface area is 163 Å². The Bertz CT molecular complexity index is 964. The number of imidazole rings is 1. The predicted molar refractivity (Wildman–Crippen MR) is 106 cm³/mol. The normalized spacial score (nSPS) is 10.4. The summed E-state index contributed by atoms with van der Waals surface area (Å²) in [5.41, 5.74) is 1.38. The number of methoxy groups -OCH3 is 1. The second kappa shape index (κ2) is 8.85. The number of ether oxygens (including phenoxy) is 2. The number of hydrogen-bond donors (Lipinski definition) is 1. The standard InChI is InChI=1S/C21H22N4O3/c1-4-11-28-18-7-6-17(12-19(18)27-3)21(26)24-14-16-5-8-20(23-13-16)25-10-9-22-15(25)2/h4-10,12-13H,1,11,14H2,2-3H3,(H,24,26). The largest absolute Gasteiger partial charge is 0.493 e. The average molecular weight is 378 g/mol. The molecule has 2 heterocycles. The summed E-state index contributed by atoms with van der Waals surface area (Å²) in [4.78, 5) is 21.1. The maximum absolute atomic E-state index is 12.5. The van der Waals surface area contributed by atoms with Gasteiger partial charge in [0.15, 0.2) is 11.5 Å². The van der Waals surface area contributed by atoms with Gasteiger partial charge in [-0.25, -0.2) is 9.97 Å². The summed E-state index contributed by atoms with van der Waals surface area (Å²) < 4.78 is 12.7. The molecule has 1 amide bonds. The molecule has 0 saturated carbocycles. The molecule has 0 aliphatic carbocycles. The third kappa shape index (κ3) is 4.37. The third-order valence-corrected chi connectivity index (χ3v) is 4.12. The first-order valence-corrected chi connectivity index (χ1v) is 8.77. The lowest BCUT2D eigenvalue weighted by molar-refractivity contribution is 0.0950. The number of aromatic nitrogens is 3. The van der Waals surface area contributed by atoms with Crippen LogP contribution in [0.5, 0.6) is 11.5 Å². The summed E-state index contributed by atoms with van der Waals surface area (Å²) >= 11 is 0. The smallest absolute Gasteiger partial charge is 0.251 e. The maximum Gasteiger partial charge on any atom is 0.251 e. The summed E-state index contributed by atoms with van der Waals surface area (Å²) in [7, 11) is 1.53. The number of hydrogen-bond acceptors (Lipinski definition) is 5. The Hall–Kier alpha value is -3.61. The van der Waals surface area contributed by atoms with Crippen LogP contribution in [0, 0.1) is 6.92 Å². The molecule has 0 saturated heterocycles. The van der Waals surface area contributed by atoms with Gasteiger partial charge in [-0.2, -0.15) is 0 Å². The third-order valence-electron chi connectivity index (χ3n) is 4.12. The van der Waals surface area contributed by atoms with Crippen LogP contribution in [-0.2, 0) is 6.54 Å². The van der Waals surface area contributed by atoms with Gasteiger partial charge in [0.1, 0.15) is 18.2 Å². The van der Waals surface area contributed by atoms with Gasteiger partial charge in [-0.3, -0.25) is 9.36 Å². The van der Waals surface area contributed by atoms with Crippen LogP contribution in [0.1, 0.15) is 21.7 Å². The molecule has 3 aromatic rings. The number of aryl methyl sites for hydroxylation is 1. The van der Waals surface area contributed by atoms with Crippen molar-refractivity contribution in [3.05, 3.63) is 78.5 Å². The van der Waals surface area contributed by atoms with Gasteiger partial charge in [0.2, 0.25) is 0 Å². The summed E-state index contributed by atoms with van der Waals surface area (Å²) in [6, 6.07) is 8.87. The van der Waals surface area contributed by atoms with Crippen molar-refractivity contribution in [1.29, 1.82) is 0 Å². The number of pyridine rings is 1. The van der Waals surface area contributed by atoms with E-state index in [4.69, 9.17) is 9.47 Å². The van der Waals surface area contributed by atoms with Crippen LogP contribution in [-0.4, -0.2) is 34.2 Å². The zero-order valence-electron chi connectivity index (χ0n) is 15.9. The highest BCUT2D eigenvalue weighted by Crippen LogP contribution is 2.28. The lowest BCUT2D eigenvalue weighted by Gasteiger charge is -2.11. The molecule has 0 aliphatic rings. The fourth-order valence-corrected chi connectivity index (χ4v) is 2.65. The van der Waals surface area contributed by atoms with Crippen LogP contribution >= 0.6 is 0 Å². The number of carbonyl (C=O) groups is 1. The van der Waals surface area contributed by atoms with Gasteiger partial charge in [-0.1, -0.05) is 18.7 Å². The molecule has 0 spiro atoms. The van der Waals surface area contributed by atoms with E-state index < -0.39 is 0 Å². The molecule has 1 aromatic carbocycles. The minimum Gasteiger partial charge on any atom is -0.493 e. The Kier molecular flexibility index (Phi) is 6.06. The molecule has 0 fully saturated rings. The molecular formula is C21H22N4O3. The van der Waals surface area contributed by atoms with Crippen molar-refractivity contribution in [3.8, 4) is 17.3 Å². The number of carbonyl (C=O) groups excluding carboxylic acids is 1. The fourth-order valence-electron chi connectivity index (χ4n) is 2.65. The van der Waals surface area contributed by atoms with Crippen LogP contribution in [0.2, 0.25) is 0 Å². The topological polar surface area (TPSA) is 78.3 Å². The lowest BCUT2D eigenvalue weighted by Crippen LogP contribution is -2.23. The van der Waals surface area contributed by atoms with Crippen molar-refractivity contribution in [2.24, 2.45) is 0 Å². The minimum absolute atomic E-state index is 0.205. The highest BCUT2D eigenvalue weighted by Gasteiger charge is 2.11. The number of amides is 1.